The lowest BCUT2D eigenvalue weighted by molar-refractivity contribution is 1.18. The molecule has 0 N–H and O–H groups in total. The molecule has 1 aromatic heterocycles. The fourth-order valence-corrected chi connectivity index (χ4v) is 2.52. The first-order valence-electron chi connectivity index (χ1n) is 11.2. The summed E-state index contributed by atoms with van der Waals surface area (Å²) in [5.74, 6) is 0. The summed E-state index contributed by atoms with van der Waals surface area (Å²) in [5.41, 5.74) is -0.528. The summed E-state index contributed by atoms with van der Waals surface area (Å²) in [6, 6.07) is -3.78. The lowest BCUT2D eigenvalue weighted by atomic mass is 10.2. The van der Waals surface area contributed by atoms with Crippen LogP contribution in [-0.4, -0.2) is 4.57 Å². The predicted molar refractivity (Wildman–Crippen MR) is 93.5 cm³/mol. The summed E-state index contributed by atoms with van der Waals surface area (Å²) in [4.78, 5) is 0. The van der Waals surface area contributed by atoms with Gasteiger partial charge >= 0.3 is 0 Å². The second-order valence-corrected chi connectivity index (χ2v) is 5.18. The lowest BCUT2D eigenvalue weighted by Gasteiger charge is -2.07. The molecule has 3 aromatic carbocycles. The third-order valence-corrected chi connectivity index (χ3v) is 3.46. The minimum Gasteiger partial charge on any atom is -0.309 e. The molecule has 0 saturated heterocycles. The molecule has 0 spiro atoms. The highest BCUT2D eigenvalue weighted by molar-refractivity contribution is 14.1. The maximum Gasteiger partial charge on any atom is 0.0656 e. The third kappa shape index (κ3) is 1.75. The molecule has 0 aliphatic rings. The van der Waals surface area contributed by atoms with E-state index in [0.29, 0.717) is 3.57 Å². The molecular formula is C18H12IN. The molecule has 2 heteroatoms. The number of nitrogens with zero attached hydrogens (tertiary/aromatic N) is 1. The SMILES string of the molecule is [2H]c1cc(I)c([2H])c(-n2c3c([2H])c([2H])c([2H])c([2H])c3c3c([2H])c([2H])c([2H])c([2H])c32)c1[2H]. The van der Waals surface area contributed by atoms with Crippen molar-refractivity contribution < 1.29 is 15.1 Å². The Kier molecular flexibility index (Phi) is 1.20. The van der Waals surface area contributed by atoms with Crippen molar-refractivity contribution in [2.24, 2.45) is 0 Å². The minimum absolute atomic E-state index is 0.128. The van der Waals surface area contributed by atoms with Gasteiger partial charge in [-0.15, -0.1) is 0 Å². The normalized spacial score (nSPS) is 18.9. The average Bonchev–Trinajstić information content (AvgIpc) is 3.08. The molecule has 0 bridgehead atoms. The number of halogens is 1. The van der Waals surface area contributed by atoms with Crippen LogP contribution in [0.15, 0.2) is 72.5 Å². The van der Waals surface area contributed by atoms with Crippen LogP contribution in [0.2, 0.25) is 0 Å². The summed E-state index contributed by atoms with van der Waals surface area (Å²) in [7, 11) is 0. The topological polar surface area (TPSA) is 4.93 Å². The van der Waals surface area contributed by atoms with E-state index in [1.807, 2.05) is 22.6 Å². The van der Waals surface area contributed by atoms with Gasteiger partial charge in [0.25, 0.3) is 0 Å². The van der Waals surface area contributed by atoms with Crippen LogP contribution in [0.1, 0.15) is 15.1 Å². The molecule has 0 amide bonds. The highest BCUT2D eigenvalue weighted by Gasteiger charge is 2.10. The Balaban J connectivity index is 2.50. The lowest BCUT2D eigenvalue weighted by Crippen LogP contribution is -1.93. The maximum atomic E-state index is 8.48. The van der Waals surface area contributed by atoms with Gasteiger partial charge in [0.15, 0.2) is 0 Å². The first-order valence-corrected chi connectivity index (χ1v) is 6.77. The van der Waals surface area contributed by atoms with Gasteiger partial charge in [-0.05, 0) is 52.8 Å². The van der Waals surface area contributed by atoms with Crippen LogP contribution < -0.4 is 0 Å². The molecule has 20 heavy (non-hydrogen) atoms. The van der Waals surface area contributed by atoms with Crippen molar-refractivity contribution in [1.29, 1.82) is 0 Å². The summed E-state index contributed by atoms with van der Waals surface area (Å²) < 4.78 is 92.2. The van der Waals surface area contributed by atoms with Crippen molar-refractivity contribution in [1.82, 2.24) is 4.57 Å². The second-order valence-electron chi connectivity index (χ2n) is 4.02. The quantitative estimate of drug-likeness (QED) is 0.391. The number of aromatic nitrogens is 1. The average molecular weight is 380 g/mol. The zero-order chi connectivity index (χ0) is 23.1. The molecule has 0 aliphatic heterocycles. The molecule has 0 aliphatic carbocycles. The fraction of sp³-hybridized carbons (Fsp3) is 0. The van der Waals surface area contributed by atoms with E-state index >= 15 is 0 Å². The van der Waals surface area contributed by atoms with Gasteiger partial charge in [-0.3, -0.25) is 0 Å². The Morgan fingerprint density at radius 3 is 2.05 bits per heavy atom. The van der Waals surface area contributed by atoms with E-state index in [9.17, 15) is 0 Å². The Labute approximate surface area is 146 Å². The van der Waals surface area contributed by atoms with Gasteiger partial charge < -0.3 is 4.57 Å². The maximum absolute atomic E-state index is 8.48. The molecule has 0 saturated carbocycles. The van der Waals surface area contributed by atoms with E-state index in [2.05, 4.69) is 0 Å². The van der Waals surface area contributed by atoms with Crippen LogP contribution in [0.5, 0.6) is 0 Å². The third-order valence-electron chi connectivity index (χ3n) is 2.88. The van der Waals surface area contributed by atoms with Gasteiger partial charge in [0.1, 0.15) is 0 Å². The fourth-order valence-electron chi connectivity index (χ4n) is 2.10. The Morgan fingerprint density at radius 2 is 1.40 bits per heavy atom. The monoisotopic (exact) mass is 380 g/mol. The van der Waals surface area contributed by atoms with Gasteiger partial charge in [-0.1, -0.05) is 42.3 Å². The second kappa shape index (κ2) is 4.63. The largest absolute Gasteiger partial charge is 0.309 e. The van der Waals surface area contributed by atoms with Crippen molar-refractivity contribution >= 4 is 44.4 Å². The number of hydrogen-bond donors (Lipinski definition) is 0. The van der Waals surface area contributed by atoms with Crippen LogP contribution in [0.3, 0.4) is 0 Å². The van der Waals surface area contributed by atoms with Crippen molar-refractivity contribution in [3.63, 3.8) is 0 Å². The first kappa shape index (κ1) is 5.19. The molecule has 4 aromatic rings. The summed E-state index contributed by atoms with van der Waals surface area (Å²) in [5, 5.41) is -0.255. The van der Waals surface area contributed by atoms with E-state index < -0.39 is 54.4 Å². The standard InChI is InChI=1S/C18H12IN/c19-13-6-5-7-14(12-13)20-17-10-3-1-8-15(17)16-9-2-4-11-18(16)20/h1-12H/i1D,2D,3D,4D,5D,7D,8D,9D,10D,11D,12D. The van der Waals surface area contributed by atoms with Crippen molar-refractivity contribution in [3.05, 3.63) is 76.1 Å². The smallest absolute Gasteiger partial charge is 0.0656 e. The number of rotatable bonds is 1. The van der Waals surface area contributed by atoms with E-state index in [-0.39, 0.29) is 39.6 Å². The molecule has 0 radical (unpaired) electrons. The van der Waals surface area contributed by atoms with Gasteiger partial charge in [0.05, 0.1) is 26.1 Å². The minimum atomic E-state index is -0.577. The Bertz CT molecular complexity index is 1350. The molecule has 0 unspecified atom stereocenters. The molecule has 1 heterocycles. The number of hydrogen-bond acceptors (Lipinski definition) is 0. The van der Waals surface area contributed by atoms with Crippen LogP contribution >= 0.6 is 22.6 Å². The van der Waals surface area contributed by atoms with Crippen LogP contribution in [0.4, 0.5) is 0 Å². The Morgan fingerprint density at radius 1 is 0.800 bits per heavy atom. The van der Waals surface area contributed by atoms with Crippen molar-refractivity contribution in [2.75, 3.05) is 0 Å². The Hall–Kier alpha value is -1.81. The molecule has 1 nitrogen and oxygen atoms in total. The number of para-hydroxylation sites is 2. The van der Waals surface area contributed by atoms with Gasteiger partial charge in [-0.2, -0.15) is 0 Å². The molecular weight excluding hydrogens is 357 g/mol. The molecule has 96 valence electrons. The summed E-state index contributed by atoms with van der Waals surface area (Å²) >= 11 is 1.81. The van der Waals surface area contributed by atoms with E-state index in [0.717, 1.165) is 4.57 Å². The van der Waals surface area contributed by atoms with E-state index in [1.54, 1.807) is 0 Å². The van der Waals surface area contributed by atoms with E-state index in [4.69, 9.17) is 15.1 Å². The van der Waals surface area contributed by atoms with Crippen molar-refractivity contribution in [2.45, 2.75) is 0 Å². The molecule has 0 atom stereocenters. The number of fused-ring (bicyclic) bond motifs is 3. The number of benzene rings is 3. The van der Waals surface area contributed by atoms with Gasteiger partial charge in [-0.25, -0.2) is 0 Å². The highest BCUT2D eigenvalue weighted by atomic mass is 127. The summed E-state index contributed by atoms with van der Waals surface area (Å²) in [6.07, 6.45) is 0. The first-order chi connectivity index (χ1) is 14.4. The zero-order valence-corrected chi connectivity index (χ0v) is 12.1. The van der Waals surface area contributed by atoms with Crippen LogP contribution in [-0.2, 0) is 0 Å². The predicted octanol–water partition coefficient (Wildman–Crippen LogP) is 5.39. The van der Waals surface area contributed by atoms with Crippen molar-refractivity contribution in [3.8, 4) is 5.69 Å². The highest BCUT2D eigenvalue weighted by Crippen LogP contribution is 2.31. The molecule has 0 fully saturated rings. The van der Waals surface area contributed by atoms with Crippen LogP contribution in [0.25, 0.3) is 27.5 Å². The van der Waals surface area contributed by atoms with E-state index in [1.165, 1.54) is 6.07 Å². The summed E-state index contributed by atoms with van der Waals surface area (Å²) in [6.45, 7) is 0. The zero-order valence-electron chi connectivity index (χ0n) is 20.9. The molecule has 4 rings (SSSR count). The van der Waals surface area contributed by atoms with Gasteiger partial charge in [0, 0.05) is 20.0 Å². The van der Waals surface area contributed by atoms with Crippen LogP contribution in [0, 0.1) is 3.57 Å². The van der Waals surface area contributed by atoms with Gasteiger partial charge in [0.2, 0.25) is 0 Å².